The van der Waals surface area contributed by atoms with Crippen molar-refractivity contribution in [3.63, 3.8) is 0 Å². The Labute approximate surface area is 120 Å². The molecule has 0 amide bonds. The van der Waals surface area contributed by atoms with Crippen LogP contribution in [0.2, 0.25) is 0 Å². The smallest absolute Gasteiger partial charge is 0.383 e. The molecule has 1 aliphatic rings. The van der Waals surface area contributed by atoms with E-state index in [0.717, 1.165) is 0 Å². The first-order valence-corrected chi connectivity index (χ1v) is 5.96. The summed E-state index contributed by atoms with van der Waals surface area (Å²) < 4.78 is 76.3. The van der Waals surface area contributed by atoms with Crippen molar-refractivity contribution in [2.75, 3.05) is 5.01 Å². The number of hydrazone groups is 1. The van der Waals surface area contributed by atoms with Gasteiger partial charge in [-0.15, -0.1) is 0 Å². The third-order valence-electron chi connectivity index (χ3n) is 3.09. The number of aliphatic hydroxyl groups excluding tert-OH is 2. The Balaban J connectivity index is 2.45. The van der Waals surface area contributed by atoms with Crippen LogP contribution in [0.5, 0.6) is 0 Å². The predicted octanol–water partition coefficient (Wildman–Crippen LogP) is 2.28. The molecule has 22 heavy (non-hydrogen) atoms. The lowest BCUT2D eigenvalue weighted by Crippen LogP contribution is -2.49. The van der Waals surface area contributed by atoms with Gasteiger partial charge >= 0.3 is 12.4 Å². The molecule has 10 heteroatoms. The molecule has 0 radical (unpaired) electrons. The lowest BCUT2D eigenvalue weighted by molar-refractivity contribution is -0.221. The molecule has 0 bridgehead atoms. The molecule has 0 saturated carbocycles. The summed E-state index contributed by atoms with van der Waals surface area (Å²) >= 11 is 0. The molecule has 3 atom stereocenters. The van der Waals surface area contributed by atoms with Gasteiger partial charge in [0.1, 0.15) is 0 Å². The van der Waals surface area contributed by atoms with Crippen LogP contribution in [0.4, 0.5) is 32.0 Å². The van der Waals surface area contributed by atoms with E-state index in [-0.39, 0.29) is 5.69 Å². The van der Waals surface area contributed by atoms with Crippen LogP contribution in [-0.2, 0) is 0 Å². The van der Waals surface area contributed by atoms with Crippen molar-refractivity contribution < 1.29 is 36.6 Å². The summed E-state index contributed by atoms with van der Waals surface area (Å²) in [5.41, 5.74) is -1.91. The van der Waals surface area contributed by atoms with Gasteiger partial charge in [0.15, 0.2) is 18.0 Å². The monoisotopic (exact) mass is 328 g/mol. The average Bonchev–Trinajstić information content (AvgIpc) is 2.75. The van der Waals surface area contributed by atoms with E-state index in [1.54, 1.807) is 0 Å². The Hall–Kier alpha value is -1.81. The largest absolute Gasteiger partial charge is 0.431 e. The number of nitrogens with zero attached hydrogens (tertiary/aromatic N) is 2. The van der Waals surface area contributed by atoms with Gasteiger partial charge in [-0.1, -0.05) is 18.2 Å². The van der Waals surface area contributed by atoms with Crippen molar-refractivity contribution in [3.8, 4) is 0 Å². The number of hydrogen-bond acceptors (Lipinski definition) is 4. The number of para-hydroxylation sites is 1. The summed E-state index contributed by atoms with van der Waals surface area (Å²) in [6.45, 7) is 0. The highest BCUT2D eigenvalue weighted by Gasteiger charge is 2.58. The molecule has 1 aliphatic heterocycles. The number of aliphatic hydroxyl groups is 2. The van der Waals surface area contributed by atoms with Crippen molar-refractivity contribution >= 4 is 11.4 Å². The molecule has 122 valence electrons. The van der Waals surface area contributed by atoms with Crippen molar-refractivity contribution in [1.82, 2.24) is 0 Å². The lowest BCUT2D eigenvalue weighted by atomic mass is 9.94. The molecular formula is C12H10F6N2O2. The van der Waals surface area contributed by atoms with Gasteiger partial charge in [0, 0.05) is 0 Å². The summed E-state index contributed by atoms with van der Waals surface area (Å²) in [7, 11) is 0. The fraction of sp³-hybridized carbons (Fsp3) is 0.417. The third-order valence-corrected chi connectivity index (χ3v) is 3.09. The van der Waals surface area contributed by atoms with Gasteiger partial charge in [0.05, 0.1) is 11.6 Å². The summed E-state index contributed by atoms with van der Waals surface area (Å²) in [5, 5.41) is 22.4. The van der Waals surface area contributed by atoms with Crippen molar-refractivity contribution in [3.05, 3.63) is 30.3 Å². The Morgan fingerprint density at radius 3 is 2.05 bits per heavy atom. The van der Waals surface area contributed by atoms with Gasteiger partial charge in [0.25, 0.3) is 0 Å². The standard InChI is InChI=1S/C12H10F6N2O2/c13-11(14,15)8-7(9(21)12(16,17)18)10(22)20(19-8)6-4-2-1-3-5-6/h1-5,7,9-10,21-22H. The van der Waals surface area contributed by atoms with Crippen LogP contribution < -0.4 is 5.01 Å². The summed E-state index contributed by atoms with van der Waals surface area (Å²) in [6, 6.07) is 6.89. The molecule has 1 heterocycles. The number of anilines is 1. The van der Waals surface area contributed by atoms with Crippen LogP contribution in [0.15, 0.2) is 35.4 Å². The van der Waals surface area contributed by atoms with Crippen LogP contribution in [0.1, 0.15) is 0 Å². The zero-order chi connectivity index (χ0) is 16.7. The second-order valence-corrected chi connectivity index (χ2v) is 4.59. The van der Waals surface area contributed by atoms with E-state index in [0.29, 0.717) is 5.01 Å². The lowest BCUT2D eigenvalue weighted by Gasteiger charge is -2.27. The minimum absolute atomic E-state index is 0.0337. The maximum Gasteiger partial charge on any atom is 0.431 e. The fourth-order valence-corrected chi connectivity index (χ4v) is 2.09. The van der Waals surface area contributed by atoms with Gasteiger partial charge in [0.2, 0.25) is 0 Å². The Morgan fingerprint density at radius 1 is 1.05 bits per heavy atom. The molecule has 1 aromatic rings. The Morgan fingerprint density at radius 2 is 1.59 bits per heavy atom. The van der Waals surface area contributed by atoms with Gasteiger partial charge in [-0.05, 0) is 12.1 Å². The third kappa shape index (κ3) is 3.02. The first-order chi connectivity index (χ1) is 10.0. The van der Waals surface area contributed by atoms with E-state index in [9.17, 15) is 31.4 Å². The average molecular weight is 328 g/mol. The van der Waals surface area contributed by atoms with Crippen LogP contribution >= 0.6 is 0 Å². The maximum absolute atomic E-state index is 12.9. The van der Waals surface area contributed by atoms with Crippen molar-refractivity contribution in [1.29, 1.82) is 0 Å². The van der Waals surface area contributed by atoms with Crippen LogP contribution in [-0.4, -0.2) is 40.6 Å². The summed E-state index contributed by atoms with van der Waals surface area (Å²) in [5.74, 6) is -2.65. The SMILES string of the molecule is OC1C(C(O)C(F)(F)F)C(C(F)(F)F)=NN1c1ccccc1. The molecule has 2 N–H and O–H groups in total. The molecule has 2 rings (SSSR count). The molecule has 1 aromatic carbocycles. The summed E-state index contributed by atoms with van der Waals surface area (Å²) in [4.78, 5) is 0. The zero-order valence-electron chi connectivity index (χ0n) is 10.7. The number of hydrogen-bond donors (Lipinski definition) is 2. The minimum Gasteiger partial charge on any atom is -0.383 e. The van der Waals surface area contributed by atoms with E-state index in [1.165, 1.54) is 30.3 Å². The number of halogens is 6. The topological polar surface area (TPSA) is 56.1 Å². The molecular weight excluding hydrogens is 318 g/mol. The zero-order valence-corrected chi connectivity index (χ0v) is 10.7. The van der Waals surface area contributed by atoms with E-state index in [4.69, 9.17) is 5.11 Å². The second kappa shape index (κ2) is 5.43. The Kier molecular flexibility index (Phi) is 4.09. The van der Waals surface area contributed by atoms with Gasteiger partial charge in [-0.3, -0.25) is 0 Å². The first kappa shape index (κ1) is 16.6. The van der Waals surface area contributed by atoms with Crippen LogP contribution in [0.25, 0.3) is 0 Å². The van der Waals surface area contributed by atoms with E-state index < -0.39 is 36.3 Å². The summed E-state index contributed by atoms with van der Waals surface area (Å²) in [6.07, 6.45) is -16.2. The van der Waals surface area contributed by atoms with E-state index in [1.807, 2.05) is 0 Å². The van der Waals surface area contributed by atoms with Gasteiger partial charge < -0.3 is 10.2 Å². The fourth-order valence-electron chi connectivity index (χ4n) is 2.09. The molecule has 0 saturated heterocycles. The molecule has 0 aromatic heterocycles. The van der Waals surface area contributed by atoms with Gasteiger partial charge in [-0.25, -0.2) is 5.01 Å². The van der Waals surface area contributed by atoms with Crippen molar-refractivity contribution in [2.24, 2.45) is 11.0 Å². The highest BCUT2D eigenvalue weighted by atomic mass is 19.4. The quantitative estimate of drug-likeness (QED) is 0.819. The highest BCUT2D eigenvalue weighted by molar-refractivity contribution is 5.95. The first-order valence-electron chi connectivity index (χ1n) is 5.96. The second-order valence-electron chi connectivity index (χ2n) is 4.59. The van der Waals surface area contributed by atoms with Crippen LogP contribution in [0, 0.1) is 5.92 Å². The highest BCUT2D eigenvalue weighted by Crippen LogP contribution is 2.39. The van der Waals surface area contributed by atoms with Gasteiger partial charge in [-0.2, -0.15) is 31.4 Å². The van der Waals surface area contributed by atoms with Crippen LogP contribution in [0.3, 0.4) is 0 Å². The van der Waals surface area contributed by atoms with E-state index in [2.05, 4.69) is 5.10 Å². The van der Waals surface area contributed by atoms with Crippen molar-refractivity contribution in [2.45, 2.75) is 24.7 Å². The number of alkyl halides is 6. The molecule has 0 spiro atoms. The maximum atomic E-state index is 12.9. The van der Waals surface area contributed by atoms with E-state index >= 15 is 0 Å². The number of benzene rings is 1. The molecule has 0 aliphatic carbocycles. The minimum atomic E-state index is -5.33. The molecule has 4 nitrogen and oxygen atoms in total. The number of rotatable bonds is 2. The Bertz CT molecular complexity index is 557. The normalized spacial score (nSPS) is 24.4. The molecule has 0 fully saturated rings. The predicted molar refractivity (Wildman–Crippen MR) is 64.0 cm³/mol. The molecule has 3 unspecified atom stereocenters.